The van der Waals surface area contributed by atoms with E-state index in [-0.39, 0.29) is 18.0 Å². The Morgan fingerprint density at radius 3 is 2.88 bits per heavy atom. The lowest BCUT2D eigenvalue weighted by Gasteiger charge is -2.06. The van der Waals surface area contributed by atoms with Crippen molar-refractivity contribution < 1.29 is 9.66 Å². The summed E-state index contributed by atoms with van der Waals surface area (Å²) in [7, 11) is 0. The number of halogens is 2. The van der Waals surface area contributed by atoms with Gasteiger partial charge in [-0.1, -0.05) is 23.2 Å². The van der Waals surface area contributed by atoms with Crippen molar-refractivity contribution in [2.45, 2.75) is 6.92 Å². The molecule has 0 saturated carbocycles. The first kappa shape index (κ1) is 12.8. The van der Waals surface area contributed by atoms with Crippen LogP contribution in [0.5, 0.6) is 5.75 Å². The van der Waals surface area contributed by atoms with Gasteiger partial charge >= 0.3 is 5.69 Å². The highest BCUT2D eigenvalue weighted by molar-refractivity contribution is 6.30. The average Bonchev–Trinajstić information content (AvgIpc) is 2.25. The van der Waals surface area contributed by atoms with Crippen LogP contribution in [0.25, 0.3) is 0 Å². The summed E-state index contributed by atoms with van der Waals surface area (Å²) in [6, 6.07) is 4.15. The Bertz CT molecular complexity index is 432. The summed E-state index contributed by atoms with van der Waals surface area (Å²) in [5.74, 6) is 0.135. The molecule has 0 aromatic heterocycles. The van der Waals surface area contributed by atoms with Crippen LogP contribution in [0.4, 0.5) is 5.69 Å². The van der Waals surface area contributed by atoms with E-state index >= 15 is 0 Å². The van der Waals surface area contributed by atoms with Gasteiger partial charge in [0.25, 0.3) is 0 Å². The van der Waals surface area contributed by atoms with Crippen LogP contribution >= 0.6 is 23.2 Å². The van der Waals surface area contributed by atoms with E-state index in [1.165, 1.54) is 23.7 Å². The summed E-state index contributed by atoms with van der Waals surface area (Å²) in [5, 5.41) is 11.1. The van der Waals surface area contributed by atoms with Gasteiger partial charge in [0.15, 0.2) is 5.75 Å². The molecule has 1 aromatic carbocycles. The number of ether oxygens (including phenoxy) is 1. The molecule has 1 aromatic rings. The second-order valence-electron chi connectivity index (χ2n) is 3.11. The molecule has 0 fully saturated rings. The molecule has 0 amide bonds. The van der Waals surface area contributed by atoms with Crippen LogP contribution in [-0.4, -0.2) is 11.5 Å². The fourth-order valence-corrected chi connectivity index (χ4v) is 1.20. The number of benzene rings is 1. The number of rotatable bonds is 4. The van der Waals surface area contributed by atoms with Crippen molar-refractivity contribution >= 4 is 28.9 Å². The van der Waals surface area contributed by atoms with Gasteiger partial charge < -0.3 is 4.74 Å². The van der Waals surface area contributed by atoms with Crippen molar-refractivity contribution in [1.82, 2.24) is 0 Å². The van der Waals surface area contributed by atoms with Crippen molar-refractivity contribution in [2.75, 3.05) is 6.61 Å². The first-order valence-electron chi connectivity index (χ1n) is 4.37. The van der Waals surface area contributed by atoms with Crippen molar-refractivity contribution in [1.29, 1.82) is 0 Å². The highest BCUT2D eigenvalue weighted by Gasteiger charge is 2.15. The molecule has 0 aliphatic carbocycles. The Balaban J connectivity index is 2.92. The van der Waals surface area contributed by atoms with Crippen LogP contribution in [-0.2, 0) is 0 Å². The average molecular weight is 262 g/mol. The van der Waals surface area contributed by atoms with Crippen LogP contribution < -0.4 is 4.74 Å². The SMILES string of the molecule is C/C(=C/Cl)COc1cc(Cl)ccc1[N+](=O)[O-]. The molecule has 6 heteroatoms. The Hall–Kier alpha value is -1.26. The summed E-state index contributed by atoms with van der Waals surface area (Å²) < 4.78 is 5.25. The molecular weight excluding hydrogens is 253 g/mol. The topological polar surface area (TPSA) is 52.4 Å². The van der Waals surface area contributed by atoms with Gasteiger partial charge in [-0.25, -0.2) is 0 Å². The molecule has 1 rings (SSSR count). The van der Waals surface area contributed by atoms with E-state index in [0.717, 1.165) is 5.57 Å². The smallest absolute Gasteiger partial charge is 0.311 e. The highest BCUT2D eigenvalue weighted by Crippen LogP contribution is 2.30. The minimum atomic E-state index is -0.522. The lowest BCUT2D eigenvalue weighted by Crippen LogP contribution is -2.01. The molecule has 0 aliphatic heterocycles. The standard InChI is InChI=1S/C10H9Cl2NO3/c1-7(5-11)6-16-10-4-8(12)2-3-9(10)13(14)15/h2-5H,6H2,1H3/b7-5-. The Morgan fingerprint density at radius 1 is 1.62 bits per heavy atom. The van der Waals surface area contributed by atoms with Crippen LogP contribution in [0, 0.1) is 10.1 Å². The maximum Gasteiger partial charge on any atom is 0.311 e. The molecule has 4 nitrogen and oxygen atoms in total. The molecule has 86 valence electrons. The van der Waals surface area contributed by atoms with E-state index in [0.29, 0.717) is 5.02 Å². The zero-order valence-corrected chi connectivity index (χ0v) is 9.96. The molecule has 0 saturated heterocycles. The van der Waals surface area contributed by atoms with Gasteiger partial charge in [-0.2, -0.15) is 0 Å². The number of hydrogen-bond donors (Lipinski definition) is 0. The van der Waals surface area contributed by atoms with Crippen LogP contribution in [0.1, 0.15) is 6.92 Å². The van der Waals surface area contributed by atoms with Gasteiger partial charge in [-0.15, -0.1) is 0 Å². The lowest BCUT2D eigenvalue weighted by atomic mass is 10.3. The first-order valence-corrected chi connectivity index (χ1v) is 5.18. The Labute approximate surface area is 103 Å². The molecule has 0 aliphatic rings. The zero-order chi connectivity index (χ0) is 12.1. The van der Waals surface area contributed by atoms with Crippen molar-refractivity contribution in [3.05, 3.63) is 44.4 Å². The van der Waals surface area contributed by atoms with Crippen LogP contribution in [0.3, 0.4) is 0 Å². The fourth-order valence-electron chi connectivity index (χ4n) is 0.977. The predicted molar refractivity (Wildman–Crippen MR) is 63.2 cm³/mol. The number of nitro groups is 1. The third-order valence-corrected chi connectivity index (χ3v) is 2.37. The maximum atomic E-state index is 10.7. The van der Waals surface area contributed by atoms with Crippen LogP contribution in [0.2, 0.25) is 5.02 Å². The summed E-state index contributed by atoms with van der Waals surface area (Å²) in [6.45, 7) is 1.94. The number of nitrogens with zero attached hydrogens (tertiary/aromatic N) is 1. The summed E-state index contributed by atoms with van der Waals surface area (Å²) in [6.07, 6.45) is 0. The third-order valence-electron chi connectivity index (χ3n) is 1.76. The number of nitro benzene ring substituents is 1. The van der Waals surface area contributed by atoms with E-state index in [1.54, 1.807) is 6.92 Å². The minimum absolute atomic E-state index is 0.119. The molecule has 0 unspecified atom stereocenters. The van der Waals surface area contributed by atoms with Gasteiger partial charge in [0.1, 0.15) is 6.61 Å². The van der Waals surface area contributed by atoms with E-state index in [2.05, 4.69) is 0 Å². The van der Waals surface area contributed by atoms with Crippen molar-refractivity contribution in [3.8, 4) is 5.75 Å². The number of hydrogen-bond acceptors (Lipinski definition) is 3. The quantitative estimate of drug-likeness (QED) is 0.613. The van der Waals surface area contributed by atoms with Gasteiger partial charge in [-0.05, 0) is 18.6 Å². The summed E-state index contributed by atoms with van der Waals surface area (Å²) >= 11 is 11.2. The Kier molecular flexibility index (Phi) is 4.58. The molecule has 0 heterocycles. The van der Waals surface area contributed by atoms with Gasteiger partial charge in [0, 0.05) is 22.7 Å². The van der Waals surface area contributed by atoms with Gasteiger partial charge in [-0.3, -0.25) is 10.1 Å². The molecular formula is C10H9Cl2NO3. The highest BCUT2D eigenvalue weighted by atomic mass is 35.5. The van der Waals surface area contributed by atoms with Crippen molar-refractivity contribution in [2.24, 2.45) is 0 Å². The summed E-state index contributed by atoms with van der Waals surface area (Å²) in [5.41, 5.74) is 2.00. The third kappa shape index (κ3) is 3.40. The van der Waals surface area contributed by atoms with E-state index in [1.807, 2.05) is 0 Å². The molecule has 0 radical (unpaired) electrons. The largest absolute Gasteiger partial charge is 0.482 e. The van der Waals surface area contributed by atoms with Gasteiger partial charge in [0.2, 0.25) is 0 Å². The molecule has 0 bridgehead atoms. The van der Waals surface area contributed by atoms with E-state index < -0.39 is 4.92 Å². The minimum Gasteiger partial charge on any atom is -0.482 e. The molecule has 0 N–H and O–H groups in total. The second-order valence-corrected chi connectivity index (χ2v) is 3.77. The Morgan fingerprint density at radius 2 is 2.31 bits per heavy atom. The fraction of sp³-hybridized carbons (Fsp3) is 0.200. The van der Waals surface area contributed by atoms with E-state index in [4.69, 9.17) is 27.9 Å². The van der Waals surface area contributed by atoms with E-state index in [9.17, 15) is 10.1 Å². The van der Waals surface area contributed by atoms with Crippen LogP contribution in [0.15, 0.2) is 29.3 Å². The normalized spacial score (nSPS) is 11.3. The lowest BCUT2D eigenvalue weighted by molar-refractivity contribution is -0.385. The second kappa shape index (κ2) is 5.72. The molecule has 16 heavy (non-hydrogen) atoms. The molecule has 0 spiro atoms. The monoisotopic (exact) mass is 261 g/mol. The van der Waals surface area contributed by atoms with Gasteiger partial charge in [0.05, 0.1) is 4.92 Å². The molecule has 0 atom stereocenters. The summed E-state index contributed by atoms with van der Waals surface area (Å²) in [4.78, 5) is 10.2. The maximum absolute atomic E-state index is 10.7. The predicted octanol–water partition coefficient (Wildman–Crippen LogP) is 3.77. The zero-order valence-electron chi connectivity index (χ0n) is 8.44. The first-order chi connectivity index (χ1) is 7.54. The van der Waals surface area contributed by atoms with Crippen molar-refractivity contribution in [3.63, 3.8) is 0 Å².